The molecular weight excluding hydrogens is 416 g/mol. The van der Waals surface area contributed by atoms with E-state index in [4.69, 9.17) is 0 Å². The largest absolute Gasteiger partial charge is 0.465 e. The summed E-state index contributed by atoms with van der Waals surface area (Å²) in [5, 5.41) is 22.4. The van der Waals surface area contributed by atoms with Gasteiger partial charge >= 0.3 is 6.09 Å². The Morgan fingerprint density at radius 3 is 2.23 bits per heavy atom. The first-order valence-electron chi connectivity index (χ1n) is 10.1. The molecule has 0 aliphatic rings. The highest BCUT2D eigenvalue weighted by molar-refractivity contribution is 7.89. The van der Waals surface area contributed by atoms with Crippen LogP contribution < -0.4 is 5.32 Å². The van der Waals surface area contributed by atoms with Crippen molar-refractivity contribution in [2.45, 2.75) is 37.3 Å². The van der Waals surface area contributed by atoms with Crippen LogP contribution in [0.25, 0.3) is 6.08 Å². The van der Waals surface area contributed by atoms with Crippen LogP contribution in [0.5, 0.6) is 0 Å². The van der Waals surface area contributed by atoms with Crippen LogP contribution in [0.1, 0.15) is 25.0 Å². The first-order valence-corrected chi connectivity index (χ1v) is 11.5. The smallest absolute Gasteiger partial charge is 0.404 e. The van der Waals surface area contributed by atoms with Gasteiger partial charge in [0.25, 0.3) is 0 Å². The Labute approximate surface area is 184 Å². The molecule has 8 heteroatoms. The number of aliphatic hydroxyl groups is 1. The number of aliphatic hydroxyl groups excluding tert-OH is 1. The topological polar surface area (TPSA) is 107 Å². The molecule has 0 saturated heterocycles. The molecule has 0 fully saturated rings. The molecule has 0 unspecified atom stereocenters. The van der Waals surface area contributed by atoms with E-state index in [1.54, 1.807) is 18.2 Å². The van der Waals surface area contributed by atoms with Gasteiger partial charge in [0, 0.05) is 13.1 Å². The van der Waals surface area contributed by atoms with Crippen molar-refractivity contribution in [3.05, 3.63) is 72.3 Å². The molecule has 0 aliphatic heterocycles. The highest BCUT2D eigenvalue weighted by atomic mass is 32.2. The Balaban J connectivity index is 2.28. The Morgan fingerprint density at radius 2 is 1.71 bits per heavy atom. The minimum atomic E-state index is -3.89. The van der Waals surface area contributed by atoms with Gasteiger partial charge in [-0.15, -0.1) is 0 Å². The highest BCUT2D eigenvalue weighted by Gasteiger charge is 2.31. The van der Waals surface area contributed by atoms with Gasteiger partial charge in [-0.1, -0.05) is 69.0 Å². The van der Waals surface area contributed by atoms with Gasteiger partial charge in [0.1, 0.15) is 0 Å². The molecule has 0 bridgehead atoms. The van der Waals surface area contributed by atoms with Crippen molar-refractivity contribution in [2.24, 2.45) is 5.92 Å². The molecule has 0 saturated carbocycles. The maximum atomic E-state index is 13.3. The summed E-state index contributed by atoms with van der Waals surface area (Å²) in [6.45, 7) is 7.38. The molecule has 0 spiro atoms. The first kappa shape index (κ1) is 24.6. The van der Waals surface area contributed by atoms with Gasteiger partial charge in [-0.3, -0.25) is 0 Å². The van der Waals surface area contributed by atoms with E-state index < -0.39 is 28.3 Å². The SMILES string of the molecule is C=Cc1ccc(S(=O)(=O)N(CC(C)C)C[C@H](O)[C@H](Cc2ccccc2)NC(=O)O)cc1. The first-order chi connectivity index (χ1) is 14.6. The van der Waals surface area contributed by atoms with Crippen LogP contribution in [0, 0.1) is 5.92 Å². The predicted octanol–water partition coefficient (Wildman–Crippen LogP) is 3.22. The lowest BCUT2D eigenvalue weighted by Crippen LogP contribution is -2.50. The molecule has 0 radical (unpaired) electrons. The number of nitrogens with zero attached hydrogens (tertiary/aromatic N) is 1. The summed E-state index contributed by atoms with van der Waals surface area (Å²) in [5.74, 6) is 0.00873. The Bertz CT molecular complexity index is 959. The molecule has 31 heavy (non-hydrogen) atoms. The Kier molecular flexibility index (Phi) is 8.79. The second-order valence-corrected chi connectivity index (χ2v) is 9.74. The fourth-order valence-corrected chi connectivity index (χ4v) is 4.87. The highest BCUT2D eigenvalue weighted by Crippen LogP contribution is 2.20. The molecule has 7 nitrogen and oxygen atoms in total. The van der Waals surface area contributed by atoms with Gasteiger partial charge in [-0.2, -0.15) is 4.31 Å². The molecular formula is C23H30N2O5S. The standard InChI is InChI=1S/C23H30N2O5S/c1-4-18-10-12-20(13-11-18)31(29,30)25(15-17(2)3)16-22(26)21(24-23(27)28)14-19-8-6-5-7-9-19/h4-13,17,21-22,24,26H,1,14-16H2,2-3H3,(H,27,28)/t21-,22-/m0/s1. The number of nitrogens with one attached hydrogen (secondary N) is 1. The van der Waals surface area contributed by atoms with Crippen molar-refractivity contribution < 1.29 is 23.4 Å². The zero-order chi connectivity index (χ0) is 23.0. The summed E-state index contributed by atoms with van der Waals surface area (Å²) in [7, 11) is -3.89. The molecule has 168 valence electrons. The van der Waals surface area contributed by atoms with Crippen molar-refractivity contribution in [2.75, 3.05) is 13.1 Å². The van der Waals surface area contributed by atoms with E-state index in [0.29, 0.717) is 0 Å². The molecule has 0 heterocycles. The third-order valence-corrected chi connectivity index (χ3v) is 6.63. The Morgan fingerprint density at radius 1 is 1.10 bits per heavy atom. The molecule has 3 N–H and O–H groups in total. The summed E-state index contributed by atoms with van der Waals surface area (Å²) in [6.07, 6.45) is -0.661. The zero-order valence-corrected chi connectivity index (χ0v) is 18.6. The third kappa shape index (κ3) is 7.20. The zero-order valence-electron chi connectivity index (χ0n) is 17.8. The molecule has 2 aromatic carbocycles. The average molecular weight is 447 g/mol. The molecule has 0 aromatic heterocycles. The number of carboxylic acid groups (broad SMARTS) is 1. The third-order valence-electron chi connectivity index (χ3n) is 4.78. The van der Waals surface area contributed by atoms with Crippen LogP contribution in [0.4, 0.5) is 4.79 Å². The van der Waals surface area contributed by atoms with E-state index in [1.807, 2.05) is 44.2 Å². The summed E-state index contributed by atoms with van der Waals surface area (Å²) >= 11 is 0. The second kappa shape index (κ2) is 11.1. The van der Waals surface area contributed by atoms with Crippen LogP contribution in [0.3, 0.4) is 0 Å². The normalized spacial score (nSPS) is 13.7. The molecule has 2 atom stereocenters. The van der Waals surface area contributed by atoms with Crippen molar-refractivity contribution in [1.82, 2.24) is 9.62 Å². The average Bonchev–Trinajstić information content (AvgIpc) is 2.73. The lowest BCUT2D eigenvalue weighted by Gasteiger charge is -2.30. The molecule has 0 aliphatic carbocycles. The van der Waals surface area contributed by atoms with E-state index in [0.717, 1.165) is 11.1 Å². The van der Waals surface area contributed by atoms with Crippen molar-refractivity contribution >= 4 is 22.2 Å². The Hall–Kier alpha value is -2.68. The van der Waals surface area contributed by atoms with Gasteiger partial charge in [0.15, 0.2) is 0 Å². The molecule has 2 rings (SSSR count). The van der Waals surface area contributed by atoms with Crippen molar-refractivity contribution in [3.8, 4) is 0 Å². The van der Waals surface area contributed by atoms with E-state index in [9.17, 15) is 23.4 Å². The van der Waals surface area contributed by atoms with E-state index in [2.05, 4.69) is 11.9 Å². The number of hydrogen-bond donors (Lipinski definition) is 3. The number of rotatable bonds is 11. The van der Waals surface area contributed by atoms with Gasteiger partial charge in [-0.25, -0.2) is 13.2 Å². The minimum absolute atomic E-state index is 0.00873. The van der Waals surface area contributed by atoms with Crippen LogP contribution in [0.2, 0.25) is 0 Å². The van der Waals surface area contributed by atoms with Crippen molar-refractivity contribution in [3.63, 3.8) is 0 Å². The maximum absolute atomic E-state index is 13.3. The fraction of sp³-hybridized carbons (Fsp3) is 0.348. The second-order valence-electron chi connectivity index (χ2n) is 7.80. The maximum Gasteiger partial charge on any atom is 0.404 e. The van der Waals surface area contributed by atoms with Crippen LogP contribution in [-0.2, 0) is 16.4 Å². The summed E-state index contributed by atoms with van der Waals surface area (Å²) in [6, 6.07) is 14.6. The number of sulfonamides is 1. The lowest BCUT2D eigenvalue weighted by molar-refractivity contribution is 0.0980. The van der Waals surface area contributed by atoms with Gasteiger partial charge in [0.2, 0.25) is 10.0 Å². The van der Waals surface area contributed by atoms with Crippen LogP contribution >= 0.6 is 0 Å². The predicted molar refractivity (Wildman–Crippen MR) is 121 cm³/mol. The fourth-order valence-electron chi connectivity index (χ4n) is 3.25. The summed E-state index contributed by atoms with van der Waals surface area (Å²) < 4.78 is 27.7. The monoisotopic (exact) mass is 446 g/mol. The van der Waals surface area contributed by atoms with Gasteiger partial charge in [0.05, 0.1) is 17.0 Å². The minimum Gasteiger partial charge on any atom is -0.465 e. The summed E-state index contributed by atoms with van der Waals surface area (Å²) in [4.78, 5) is 11.4. The van der Waals surface area contributed by atoms with Gasteiger partial charge < -0.3 is 15.5 Å². The molecule has 1 amide bonds. The lowest BCUT2D eigenvalue weighted by atomic mass is 10.0. The summed E-state index contributed by atoms with van der Waals surface area (Å²) in [5.41, 5.74) is 1.63. The van der Waals surface area contributed by atoms with E-state index in [1.165, 1.54) is 16.4 Å². The quantitative estimate of drug-likeness (QED) is 0.491. The van der Waals surface area contributed by atoms with Crippen LogP contribution in [0.15, 0.2) is 66.1 Å². The number of benzene rings is 2. The number of amides is 1. The number of carbonyl (C=O) groups is 1. The number of hydrogen-bond acceptors (Lipinski definition) is 4. The van der Waals surface area contributed by atoms with Gasteiger partial charge in [-0.05, 0) is 35.6 Å². The van der Waals surface area contributed by atoms with Crippen molar-refractivity contribution in [1.29, 1.82) is 0 Å². The molecule has 2 aromatic rings. The van der Waals surface area contributed by atoms with E-state index in [-0.39, 0.29) is 30.3 Å². The van der Waals surface area contributed by atoms with E-state index >= 15 is 0 Å². The van der Waals surface area contributed by atoms with Crippen LogP contribution in [-0.4, -0.2) is 54.3 Å².